The third kappa shape index (κ3) is 4.40. The van der Waals surface area contributed by atoms with Gasteiger partial charge >= 0.3 is 0 Å². The van der Waals surface area contributed by atoms with Gasteiger partial charge in [0, 0.05) is 19.6 Å². The number of nitrogens with zero attached hydrogens (tertiary/aromatic N) is 3. The molecule has 2 heterocycles. The summed E-state index contributed by atoms with van der Waals surface area (Å²) in [6.45, 7) is 12.3. The molecule has 19 heavy (non-hydrogen) atoms. The topological polar surface area (TPSA) is 50.3 Å². The Labute approximate surface area is 119 Å². The number of hydrogen-bond donors (Lipinski definition) is 1. The zero-order chi connectivity index (χ0) is 13.9. The molecule has 2 rings (SSSR count). The average molecular weight is 284 g/mol. The zero-order valence-electron chi connectivity index (χ0n) is 12.3. The number of aromatic nitrogens is 2. The normalized spacial score (nSPS) is 23.5. The first kappa shape index (κ1) is 14.7. The van der Waals surface area contributed by atoms with Gasteiger partial charge < -0.3 is 10.1 Å². The predicted molar refractivity (Wildman–Crippen MR) is 78.6 cm³/mol. The molecule has 0 radical (unpaired) electrons. The number of ether oxygens (including phenoxy) is 1. The van der Waals surface area contributed by atoms with Crippen molar-refractivity contribution >= 4 is 16.5 Å². The molecule has 1 atom stereocenters. The van der Waals surface area contributed by atoms with Crippen LogP contribution in [0.25, 0.3) is 0 Å². The molecular formula is C13H24N4OS. The van der Waals surface area contributed by atoms with Crippen molar-refractivity contribution in [1.82, 2.24) is 15.1 Å². The van der Waals surface area contributed by atoms with E-state index in [1.54, 1.807) is 11.3 Å². The highest BCUT2D eigenvalue weighted by molar-refractivity contribution is 7.15. The number of nitrogens with one attached hydrogen (secondary N) is 1. The molecule has 1 N–H and O–H groups in total. The molecular weight excluding hydrogens is 260 g/mol. The Morgan fingerprint density at radius 2 is 2.26 bits per heavy atom. The molecule has 1 aromatic rings. The molecule has 1 unspecified atom stereocenters. The maximum Gasteiger partial charge on any atom is 0.205 e. The van der Waals surface area contributed by atoms with Gasteiger partial charge in [-0.3, -0.25) is 4.90 Å². The van der Waals surface area contributed by atoms with E-state index in [0.29, 0.717) is 0 Å². The van der Waals surface area contributed by atoms with E-state index in [1.807, 2.05) is 0 Å². The summed E-state index contributed by atoms with van der Waals surface area (Å²) in [5, 5.41) is 13.7. The van der Waals surface area contributed by atoms with Crippen LogP contribution in [-0.4, -0.2) is 46.4 Å². The Hall–Kier alpha value is -0.720. The molecule has 1 aliphatic rings. The lowest BCUT2D eigenvalue weighted by atomic mass is 10.1. The fourth-order valence-electron chi connectivity index (χ4n) is 2.52. The summed E-state index contributed by atoms with van der Waals surface area (Å²) in [6, 6.07) is 0. The highest BCUT2D eigenvalue weighted by Gasteiger charge is 2.31. The lowest BCUT2D eigenvalue weighted by molar-refractivity contribution is -0.130. The van der Waals surface area contributed by atoms with Gasteiger partial charge in [0.05, 0.1) is 18.2 Å². The van der Waals surface area contributed by atoms with Crippen molar-refractivity contribution in [3.05, 3.63) is 5.01 Å². The van der Waals surface area contributed by atoms with E-state index in [1.165, 1.54) is 0 Å². The molecule has 0 bridgehead atoms. The van der Waals surface area contributed by atoms with Crippen LogP contribution in [0.2, 0.25) is 0 Å². The second-order valence-electron chi connectivity index (χ2n) is 5.79. The van der Waals surface area contributed by atoms with E-state index in [0.717, 1.165) is 42.7 Å². The van der Waals surface area contributed by atoms with Gasteiger partial charge in [0.15, 0.2) is 0 Å². The van der Waals surface area contributed by atoms with Gasteiger partial charge in [0.25, 0.3) is 0 Å². The number of hydrogen-bond acceptors (Lipinski definition) is 6. The first-order valence-corrected chi connectivity index (χ1v) is 7.76. The van der Waals surface area contributed by atoms with Crippen molar-refractivity contribution in [3.8, 4) is 0 Å². The molecule has 0 amide bonds. The lowest BCUT2D eigenvalue weighted by Crippen LogP contribution is -2.51. The minimum absolute atomic E-state index is 0.0777. The maximum absolute atomic E-state index is 5.91. The van der Waals surface area contributed by atoms with Crippen LogP contribution in [0.1, 0.15) is 39.1 Å². The van der Waals surface area contributed by atoms with Crippen molar-refractivity contribution in [2.75, 3.05) is 25.0 Å². The highest BCUT2D eigenvalue weighted by atomic mass is 32.1. The molecule has 6 heteroatoms. The number of morpholine rings is 1. The Balaban J connectivity index is 1.91. The highest BCUT2D eigenvalue weighted by Crippen LogP contribution is 2.24. The zero-order valence-corrected chi connectivity index (χ0v) is 13.1. The Morgan fingerprint density at radius 1 is 1.47 bits per heavy atom. The molecule has 1 aromatic heterocycles. The van der Waals surface area contributed by atoms with Crippen LogP contribution >= 0.6 is 11.3 Å². The number of anilines is 1. The predicted octanol–water partition coefficient (Wildman–Crippen LogP) is 2.36. The van der Waals surface area contributed by atoms with Crippen LogP contribution in [0.5, 0.6) is 0 Å². The molecule has 0 saturated carbocycles. The van der Waals surface area contributed by atoms with Crippen LogP contribution in [0.3, 0.4) is 0 Å². The van der Waals surface area contributed by atoms with Crippen LogP contribution in [-0.2, 0) is 11.3 Å². The fraction of sp³-hybridized carbons (Fsp3) is 0.846. The average Bonchev–Trinajstić information content (AvgIpc) is 2.71. The molecule has 0 spiro atoms. The molecule has 108 valence electrons. The van der Waals surface area contributed by atoms with Crippen LogP contribution in [0.15, 0.2) is 0 Å². The number of rotatable bonds is 5. The standard InChI is InChI=1S/C13H24N4OS/c1-5-6-14-12-16-15-11(19-12)8-17-7-10(2)18-13(3,4)9-17/h10H,5-9H2,1-4H3,(H,14,16). The van der Waals surface area contributed by atoms with Crippen molar-refractivity contribution < 1.29 is 4.74 Å². The molecule has 1 saturated heterocycles. The molecule has 1 fully saturated rings. The second-order valence-corrected chi connectivity index (χ2v) is 6.85. The van der Waals surface area contributed by atoms with E-state index in [9.17, 15) is 0 Å². The molecule has 5 nitrogen and oxygen atoms in total. The largest absolute Gasteiger partial charge is 0.370 e. The van der Waals surface area contributed by atoms with Gasteiger partial charge in [-0.25, -0.2) is 0 Å². The Morgan fingerprint density at radius 3 is 2.95 bits per heavy atom. The summed E-state index contributed by atoms with van der Waals surface area (Å²) in [6.07, 6.45) is 1.37. The van der Waals surface area contributed by atoms with Crippen molar-refractivity contribution in [2.24, 2.45) is 0 Å². The summed E-state index contributed by atoms with van der Waals surface area (Å²) in [7, 11) is 0. The summed E-state index contributed by atoms with van der Waals surface area (Å²) in [4.78, 5) is 2.40. The first-order valence-electron chi connectivity index (χ1n) is 6.95. The van der Waals surface area contributed by atoms with Gasteiger partial charge in [-0.05, 0) is 27.2 Å². The summed E-state index contributed by atoms with van der Waals surface area (Å²) in [5.41, 5.74) is -0.0777. The smallest absolute Gasteiger partial charge is 0.205 e. The Kier molecular flexibility index (Phi) is 4.76. The van der Waals surface area contributed by atoms with Crippen molar-refractivity contribution in [3.63, 3.8) is 0 Å². The second kappa shape index (κ2) is 6.15. The van der Waals surface area contributed by atoms with E-state index in [-0.39, 0.29) is 11.7 Å². The third-order valence-corrected chi connectivity index (χ3v) is 3.86. The molecule has 1 aliphatic heterocycles. The molecule has 0 aliphatic carbocycles. The van der Waals surface area contributed by atoms with Crippen molar-refractivity contribution in [2.45, 2.75) is 52.4 Å². The summed E-state index contributed by atoms with van der Waals surface area (Å²) >= 11 is 1.65. The third-order valence-electron chi connectivity index (χ3n) is 2.99. The molecule has 0 aromatic carbocycles. The van der Waals surface area contributed by atoms with Gasteiger partial charge in [-0.15, -0.1) is 10.2 Å². The van der Waals surface area contributed by atoms with Gasteiger partial charge in [0.1, 0.15) is 5.01 Å². The van der Waals surface area contributed by atoms with Crippen LogP contribution in [0.4, 0.5) is 5.13 Å². The summed E-state index contributed by atoms with van der Waals surface area (Å²) in [5.74, 6) is 0. The SMILES string of the molecule is CCCNc1nnc(CN2CC(C)OC(C)(C)C2)s1. The van der Waals surface area contributed by atoms with Gasteiger partial charge in [-0.1, -0.05) is 18.3 Å². The van der Waals surface area contributed by atoms with Crippen LogP contribution < -0.4 is 5.32 Å². The minimum Gasteiger partial charge on any atom is -0.370 e. The first-order chi connectivity index (χ1) is 8.98. The maximum atomic E-state index is 5.91. The minimum atomic E-state index is -0.0777. The van der Waals surface area contributed by atoms with Crippen molar-refractivity contribution in [1.29, 1.82) is 0 Å². The summed E-state index contributed by atoms with van der Waals surface area (Å²) < 4.78 is 5.91. The van der Waals surface area contributed by atoms with Crippen LogP contribution in [0, 0.1) is 0 Å². The van der Waals surface area contributed by atoms with E-state index < -0.39 is 0 Å². The van der Waals surface area contributed by atoms with E-state index in [4.69, 9.17) is 4.74 Å². The van der Waals surface area contributed by atoms with Gasteiger partial charge in [0.2, 0.25) is 5.13 Å². The van der Waals surface area contributed by atoms with E-state index in [2.05, 4.69) is 48.1 Å². The lowest BCUT2D eigenvalue weighted by Gasteiger charge is -2.41. The van der Waals surface area contributed by atoms with E-state index >= 15 is 0 Å². The Bertz CT molecular complexity index is 407. The quantitative estimate of drug-likeness (QED) is 0.899. The fourth-order valence-corrected chi connectivity index (χ4v) is 3.33. The monoisotopic (exact) mass is 284 g/mol. The van der Waals surface area contributed by atoms with Gasteiger partial charge in [-0.2, -0.15) is 0 Å².